The molecule has 0 spiro atoms. The molecule has 0 aliphatic heterocycles. The predicted octanol–water partition coefficient (Wildman–Crippen LogP) is 2.39. The maximum Gasteiger partial charge on any atom is 0.387 e. The molecule has 0 aliphatic rings. The van der Waals surface area contributed by atoms with Crippen LogP contribution in [0.25, 0.3) is 6.08 Å². The van der Waals surface area contributed by atoms with Crippen molar-refractivity contribution in [3.05, 3.63) is 35.9 Å². The highest BCUT2D eigenvalue weighted by Gasteiger charge is 2.04. The number of nitrogens with zero attached hydrogens (tertiary/aromatic N) is 1. The molecule has 5 heteroatoms. The molecule has 0 radical (unpaired) electrons. The SMILES string of the molecule is CN(C)C(=O)/C=C/c1cccc(OC(F)F)c1. The summed E-state index contributed by atoms with van der Waals surface area (Å²) in [7, 11) is 3.26. The number of likely N-dealkylation sites (N-methyl/N-ethyl adjacent to an activating group) is 1. The number of alkyl halides is 2. The number of halogens is 2. The molecular weight excluding hydrogens is 228 g/mol. The third-order valence-electron chi connectivity index (χ3n) is 1.94. The molecule has 0 aliphatic carbocycles. The van der Waals surface area contributed by atoms with Crippen LogP contribution in [0.3, 0.4) is 0 Å². The zero-order chi connectivity index (χ0) is 12.8. The van der Waals surface area contributed by atoms with E-state index in [-0.39, 0.29) is 11.7 Å². The lowest BCUT2D eigenvalue weighted by Gasteiger charge is -2.06. The van der Waals surface area contributed by atoms with E-state index in [0.717, 1.165) is 0 Å². The minimum Gasteiger partial charge on any atom is -0.435 e. The molecule has 0 fully saturated rings. The van der Waals surface area contributed by atoms with Gasteiger partial charge in [0.25, 0.3) is 0 Å². The fourth-order valence-electron chi connectivity index (χ4n) is 1.11. The minimum atomic E-state index is -2.85. The van der Waals surface area contributed by atoms with Gasteiger partial charge < -0.3 is 9.64 Å². The van der Waals surface area contributed by atoms with Gasteiger partial charge in [0.2, 0.25) is 5.91 Å². The Balaban J connectivity index is 2.75. The van der Waals surface area contributed by atoms with Gasteiger partial charge in [0.1, 0.15) is 5.75 Å². The average molecular weight is 241 g/mol. The van der Waals surface area contributed by atoms with E-state index in [4.69, 9.17) is 0 Å². The van der Waals surface area contributed by atoms with Crippen molar-refractivity contribution >= 4 is 12.0 Å². The van der Waals surface area contributed by atoms with Crippen molar-refractivity contribution < 1.29 is 18.3 Å². The van der Waals surface area contributed by atoms with Gasteiger partial charge in [-0.3, -0.25) is 4.79 Å². The van der Waals surface area contributed by atoms with Crippen LogP contribution in [0.4, 0.5) is 8.78 Å². The lowest BCUT2D eigenvalue weighted by atomic mass is 10.2. The van der Waals surface area contributed by atoms with Gasteiger partial charge in [-0.15, -0.1) is 0 Å². The van der Waals surface area contributed by atoms with Gasteiger partial charge in [-0.05, 0) is 23.8 Å². The highest BCUT2D eigenvalue weighted by Crippen LogP contribution is 2.16. The second kappa shape index (κ2) is 5.98. The van der Waals surface area contributed by atoms with Crippen molar-refractivity contribution in [2.45, 2.75) is 6.61 Å². The fraction of sp³-hybridized carbons (Fsp3) is 0.250. The largest absolute Gasteiger partial charge is 0.435 e. The highest BCUT2D eigenvalue weighted by atomic mass is 19.3. The van der Waals surface area contributed by atoms with Gasteiger partial charge >= 0.3 is 6.61 Å². The van der Waals surface area contributed by atoms with Crippen LogP contribution in [0.15, 0.2) is 30.3 Å². The zero-order valence-electron chi connectivity index (χ0n) is 9.56. The zero-order valence-corrected chi connectivity index (χ0v) is 9.56. The molecule has 0 bridgehead atoms. The smallest absolute Gasteiger partial charge is 0.387 e. The van der Waals surface area contributed by atoms with Crippen LogP contribution in [0.2, 0.25) is 0 Å². The van der Waals surface area contributed by atoms with Gasteiger partial charge in [0.05, 0.1) is 0 Å². The molecule has 3 nitrogen and oxygen atoms in total. The van der Waals surface area contributed by atoms with Crippen LogP contribution < -0.4 is 4.74 Å². The first-order chi connectivity index (χ1) is 7.99. The second-order valence-corrected chi connectivity index (χ2v) is 3.52. The molecule has 0 heterocycles. The molecule has 0 N–H and O–H groups in total. The summed E-state index contributed by atoms with van der Waals surface area (Å²) in [5, 5.41) is 0. The maximum absolute atomic E-state index is 12.0. The Morgan fingerprint density at radius 2 is 2.12 bits per heavy atom. The number of benzene rings is 1. The summed E-state index contributed by atoms with van der Waals surface area (Å²) in [6.07, 6.45) is 2.90. The topological polar surface area (TPSA) is 29.5 Å². The van der Waals surface area contributed by atoms with Crippen LogP contribution in [-0.4, -0.2) is 31.5 Å². The van der Waals surface area contributed by atoms with Crippen molar-refractivity contribution in [2.75, 3.05) is 14.1 Å². The van der Waals surface area contributed by atoms with Crippen molar-refractivity contribution in [3.63, 3.8) is 0 Å². The van der Waals surface area contributed by atoms with Crippen LogP contribution in [0.1, 0.15) is 5.56 Å². The number of carbonyl (C=O) groups is 1. The molecule has 0 saturated carbocycles. The number of ether oxygens (including phenoxy) is 1. The Labute approximate surface area is 98.3 Å². The second-order valence-electron chi connectivity index (χ2n) is 3.52. The third kappa shape index (κ3) is 4.63. The molecule has 0 unspecified atom stereocenters. The van der Waals surface area contributed by atoms with Crippen molar-refractivity contribution in [3.8, 4) is 5.75 Å². The highest BCUT2D eigenvalue weighted by molar-refractivity contribution is 5.91. The number of hydrogen-bond donors (Lipinski definition) is 0. The summed E-state index contributed by atoms with van der Waals surface area (Å²) < 4.78 is 28.2. The molecule has 0 saturated heterocycles. The molecule has 1 rings (SSSR count). The van der Waals surface area contributed by atoms with E-state index in [1.54, 1.807) is 32.3 Å². The Kier molecular flexibility index (Phi) is 4.63. The van der Waals surface area contributed by atoms with Gasteiger partial charge in [0.15, 0.2) is 0 Å². The van der Waals surface area contributed by atoms with Gasteiger partial charge in [0, 0.05) is 20.2 Å². The standard InChI is InChI=1S/C12H13F2NO2/c1-15(2)11(16)7-6-9-4-3-5-10(8-9)17-12(13)14/h3-8,12H,1-2H3/b7-6+. The fourth-order valence-corrected chi connectivity index (χ4v) is 1.11. The molecule has 17 heavy (non-hydrogen) atoms. The van der Waals surface area contributed by atoms with E-state index in [9.17, 15) is 13.6 Å². The van der Waals surface area contributed by atoms with E-state index in [1.807, 2.05) is 0 Å². The molecule has 1 aromatic carbocycles. The van der Waals surface area contributed by atoms with Crippen LogP contribution in [0.5, 0.6) is 5.75 Å². The van der Waals surface area contributed by atoms with Crippen molar-refractivity contribution in [1.29, 1.82) is 0 Å². The number of carbonyl (C=O) groups excluding carboxylic acids is 1. The molecular formula is C12H13F2NO2. The number of amides is 1. The van der Waals surface area contributed by atoms with Crippen LogP contribution in [0, 0.1) is 0 Å². The average Bonchev–Trinajstić information content (AvgIpc) is 2.25. The molecule has 0 atom stereocenters. The van der Waals surface area contributed by atoms with E-state index in [0.29, 0.717) is 5.56 Å². The first kappa shape index (κ1) is 13.2. The van der Waals surface area contributed by atoms with E-state index in [2.05, 4.69) is 4.74 Å². The van der Waals surface area contributed by atoms with E-state index < -0.39 is 6.61 Å². The quantitative estimate of drug-likeness (QED) is 0.757. The summed E-state index contributed by atoms with van der Waals surface area (Å²) in [4.78, 5) is 12.7. The first-order valence-corrected chi connectivity index (χ1v) is 4.93. The summed E-state index contributed by atoms with van der Waals surface area (Å²) in [6.45, 7) is -2.85. The van der Waals surface area contributed by atoms with Gasteiger partial charge in [-0.25, -0.2) is 0 Å². The Morgan fingerprint density at radius 1 is 1.41 bits per heavy atom. The monoisotopic (exact) mass is 241 g/mol. The predicted molar refractivity (Wildman–Crippen MR) is 60.8 cm³/mol. The molecule has 1 amide bonds. The molecule has 1 aromatic rings. The number of hydrogen-bond acceptors (Lipinski definition) is 2. The van der Waals surface area contributed by atoms with Crippen LogP contribution >= 0.6 is 0 Å². The van der Waals surface area contributed by atoms with Gasteiger partial charge in [-0.1, -0.05) is 12.1 Å². The van der Waals surface area contributed by atoms with Crippen molar-refractivity contribution in [2.24, 2.45) is 0 Å². The first-order valence-electron chi connectivity index (χ1n) is 4.93. The summed E-state index contributed by atoms with van der Waals surface area (Å²) in [6, 6.07) is 6.14. The minimum absolute atomic E-state index is 0.0689. The Morgan fingerprint density at radius 3 is 2.71 bits per heavy atom. The van der Waals surface area contributed by atoms with E-state index >= 15 is 0 Å². The van der Waals surface area contributed by atoms with Gasteiger partial charge in [-0.2, -0.15) is 8.78 Å². The number of rotatable bonds is 4. The normalized spacial score (nSPS) is 10.9. The maximum atomic E-state index is 12.0. The lowest BCUT2D eigenvalue weighted by Crippen LogP contribution is -2.18. The summed E-state index contributed by atoms with van der Waals surface area (Å²) >= 11 is 0. The van der Waals surface area contributed by atoms with Crippen LogP contribution in [-0.2, 0) is 4.79 Å². The lowest BCUT2D eigenvalue weighted by molar-refractivity contribution is -0.123. The Hall–Kier alpha value is -1.91. The third-order valence-corrected chi connectivity index (χ3v) is 1.94. The molecule has 92 valence electrons. The Bertz CT molecular complexity index is 417. The van der Waals surface area contributed by atoms with Crippen molar-refractivity contribution in [1.82, 2.24) is 4.90 Å². The van der Waals surface area contributed by atoms with E-state index in [1.165, 1.54) is 23.1 Å². The summed E-state index contributed by atoms with van der Waals surface area (Å²) in [5.74, 6) is -0.107. The molecule has 0 aromatic heterocycles. The summed E-state index contributed by atoms with van der Waals surface area (Å²) in [5.41, 5.74) is 0.623.